The van der Waals surface area contributed by atoms with Gasteiger partial charge in [0.15, 0.2) is 5.58 Å². The van der Waals surface area contributed by atoms with E-state index in [4.69, 9.17) is 9.40 Å². The van der Waals surface area contributed by atoms with Gasteiger partial charge in [0.2, 0.25) is 5.89 Å². The highest BCUT2D eigenvalue weighted by atomic mass is 16.3. The second kappa shape index (κ2) is 11.8. The molecule has 9 aromatic rings. The summed E-state index contributed by atoms with van der Waals surface area (Å²) < 4.78 is 6.79. The van der Waals surface area contributed by atoms with E-state index in [1.807, 2.05) is 18.2 Å². The molecule has 0 saturated heterocycles. The van der Waals surface area contributed by atoms with Crippen molar-refractivity contribution >= 4 is 32.6 Å². The third kappa shape index (κ3) is 4.87. The van der Waals surface area contributed by atoms with Crippen molar-refractivity contribution in [2.75, 3.05) is 0 Å². The van der Waals surface area contributed by atoms with E-state index >= 15 is 0 Å². The molecule has 2 heteroatoms. The lowest BCUT2D eigenvalue weighted by Gasteiger charge is -2.24. The minimum absolute atomic E-state index is 0.119. The highest BCUT2D eigenvalue weighted by Crippen LogP contribution is 2.45. The van der Waals surface area contributed by atoms with Gasteiger partial charge in [-0.3, -0.25) is 0 Å². The fraction of sp³-hybridized carbons (Fsp3) is 0.0217. The monoisotopic (exact) mass is 613 g/mol. The van der Waals surface area contributed by atoms with Gasteiger partial charge in [-0.2, -0.15) is 0 Å². The standard InChI is InChI=1S/C46H31NO/c1-4-15-32(16-5-1)41-29-36(38-26-14-23-31-17-10-12-24-37(31)38)27-28-40(41)43(33-18-6-2-7-19-33)42-30-35-22-11-13-25-39(35)44-45(42)48-46(47-44)34-20-8-3-9-21-34/h1-30,43H. The van der Waals surface area contributed by atoms with Crippen molar-refractivity contribution in [3.63, 3.8) is 0 Å². The van der Waals surface area contributed by atoms with Crippen LogP contribution in [-0.4, -0.2) is 4.98 Å². The molecule has 226 valence electrons. The molecule has 0 N–H and O–H groups in total. The van der Waals surface area contributed by atoms with Crippen LogP contribution in [-0.2, 0) is 0 Å². The fourth-order valence-electron chi connectivity index (χ4n) is 7.18. The van der Waals surface area contributed by atoms with Crippen molar-refractivity contribution in [3.8, 4) is 33.7 Å². The molecule has 1 atom stereocenters. The summed E-state index contributed by atoms with van der Waals surface area (Å²) in [5.74, 6) is 0.510. The fourth-order valence-corrected chi connectivity index (χ4v) is 7.18. The van der Waals surface area contributed by atoms with E-state index < -0.39 is 0 Å². The molecule has 1 aromatic heterocycles. The van der Waals surface area contributed by atoms with Crippen LogP contribution in [0.5, 0.6) is 0 Å². The highest BCUT2D eigenvalue weighted by molar-refractivity contribution is 6.06. The average Bonchev–Trinajstić information content (AvgIpc) is 3.62. The summed E-state index contributed by atoms with van der Waals surface area (Å²) >= 11 is 0. The molecule has 0 radical (unpaired) electrons. The molecular weight excluding hydrogens is 583 g/mol. The lowest BCUT2D eigenvalue weighted by atomic mass is 9.79. The Bertz CT molecular complexity index is 2550. The van der Waals surface area contributed by atoms with Gasteiger partial charge in [-0.1, -0.05) is 158 Å². The van der Waals surface area contributed by atoms with Crippen LogP contribution in [0.1, 0.15) is 22.6 Å². The normalized spacial score (nSPS) is 12.1. The lowest BCUT2D eigenvalue weighted by Crippen LogP contribution is -2.06. The quantitative estimate of drug-likeness (QED) is 0.174. The van der Waals surface area contributed by atoms with Gasteiger partial charge in [-0.15, -0.1) is 0 Å². The molecule has 1 unspecified atom stereocenters. The molecule has 0 aliphatic rings. The summed E-state index contributed by atoms with van der Waals surface area (Å²) in [7, 11) is 0. The van der Waals surface area contributed by atoms with Crippen LogP contribution in [0.25, 0.3) is 66.4 Å². The largest absolute Gasteiger partial charge is 0.436 e. The molecule has 2 nitrogen and oxygen atoms in total. The molecule has 0 fully saturated rings. The molecule has 8 aromatic carbocycles. The number of oxazole rings is 1. The van der Waals surface area contributed by atoms with Crippen LogP contribution in [0.2, 0.25) is 0 Å². The summed E-state index contributed by atoms with van der Waals surface area (Å²) in [6.07, 6.45) is 0. The Balaban J connectivity index is 1.34. The number of nitrogens with zero attached hydrogens (tertiary/aromatic N) is 1. The third-order valence-electron chi connectivity index (χ3n) is 9.43. The average molecular weight is 614 g/mol. The minimum atomic E-state index is -0.119. The summed E-state index contributed by atoms with van der Waals surface area (Å²) in [5, 5.41) is 4.71. The number of rotatable bonds is 6. The maximum atomic E-state index is 6.79. The summed E-state index contributed by atoms with van der Waals surface area (Å²) in [4.78, 5) is 5.14. The van der Waals surface area contributed by atoms with Gasteiger partial charge in [0.1, 0.15) is 5.52 Å². The lowest BCUT2D eigenvalue weighted by molar-refractivity contribution is 0.614. The molecule has 0 bridgehead atoms. The molecule has 9 rings (SSSR count). The van der Waals surface area contributed by atoms with Gasteiger partial charge >= 0.3 is 0 Å². The number of aromatic nitrogens is 1. The van der Waals surface area contributed by atoms with Crippen LogP contribution >= 0.6 is 0 Å². The smallest absolute Gasteiger partial charge is 0.227 e. The van der Waals surface area contributed by atoms with Crippen LogP contribution in [0.3, 0.4) is 0 Å². The highest BCUT2D eigenvalue weighted by Gasteiger charge is 2.27. The van der Waals surface area contributed by atoms with Crippen LogP contribution < -0.4 is 0 Å². The molecular formula is C46H31NO. The number of hydrogen-bond donors (Lipinski definition) is 0. The van der Waals surface area contributed by atoms with Crippen molar-refractivity contribution in [1.29, 1.82) is 0 Å². The first-order chi connectivity index (χ1) is 23.8. The van der Waals surface area contributed by atoms with Crippen LogP contribution in [0, 0.1) is 0 Å². The molecule has 0 spiro atoms. The second-order valence-electron chi connectivity index (χ2n) is 12.3. The van der Waals surface area contributed by atoms with Gasteiger partial charge in [0.25, 0.3) is 0 Å². The Morgan fingerprint density at radius 1 is 0.417 bits per heavy atom. The van der Waals surface area contributed by atoms with Gasteiger partial charge in [0.05, 0.1) is 0 Å². The summed E-state index contributed by atoms with van der Waals surface area (Å²) in [6.45, 7) is 0. The van der Waals surface area contributed by atoms with Gasteiger partial charge in [0, 0.05) is 22.4 Å². The Morgan fingerprint density at radius 3 is 1.81 bits per heavy atom. The van der Waals surface area contributed by atoms with E-state index in [1.165, 1.54) is 44.2 Å². The summed E-state index contributed by atoms with van der Waals surface area (Å²) in [5.41, 5.74) is 11.0. The summed E-state index contributed by atoms with van der Waals surface area (Å²) in [6, 6.07) is 64.7. The Kier molecular flexibility index (Phi) is 6.91. The van der Waals surface area contributed by atoms with Crippen molar-refractivity contribution in [1.82, 2.24) is 4.98 Å². The maximum absolute atomic E-state index is 6.79. The van der Waals surface area contributed by atoms with E-state index in [2.05, 4.69) is 164 Å². The minimum Gasteiger partial charge on any atom is -0.436 e. The SMILES string of the molecule is c1ccc(-c2nc3c(o2)c(C(c2ccccc2)c2ccc(-c4cccc5ccccc45)cc2-c2ccccc2)cc2ccccc23)cc1. The van der Waals surface area contributed by atoms with E-state index in [0.29, 0.717) is 5.89 Å². The molecule has 0 saturated carbocycles. The van der Waals surface area contributed by atoms with Crippen molar-refractivity contribution in [2.24, 2.45) is 0 Å². The molecule has 0 aliphatic heterocycles. The molecule has 48 heavy (non-hydrogen) atoms. The number of hydrogen-bond acceptors (Lipinski definition) is 2. The van der Waals surface area contributed by atoms with Gasteiger partial charge in [-0.05, 0) is 73.8 Å². The number of fused-ring (bicyclic) bond motifs is 4. The van der Waals surface area contributed by atoms with Gasteiger partial charge < -0.3 is 4.42 Å². The first kappa shape index (κ1) is 28.0. The van der Waals surface area contributed by atoms with Crippen LogP contribution in [0.4, 0.5) is 0 Å². The predicted octanol–water partition coefficient (Wildman–Crippen LogP) is 12.3. The zero-order valence-corrected chi connectivity index (χ0v) is 26.3. The molecule has 0 aliphatic carbocycles. The third-order valence-corrected chi connectivity index (χ3v) is 9.43. The second-order valence-corrected chi connectivity index (χ2v) is 12.3. The van der Waals surface area contributed by atoms with Gasteiger partial charge in [-0.25, -0.2) is 4.98 Å². The van der Waals surface area contributed by atoms with E-state index in [-0.39, 0.29) is 5.92 Å². The van der Waals surface area contributed by atoms with Crippen molar-refractivity contribution in [3.05, 3.63) is 199 Å². The maximum Gasteiger partial charge on any atom is 0.227 e. The Morgan fingerprint density at radius 2 is 1.04 bits per heavy atom. The van der Waals surface area contributed by atoms with E-state index in [9.17, 15) is 0 Å². The topological polar surface area (TPSA) is 26.0 Å². The Labute approximate surface area is 279 Å². The predicted molar refractivity (Wildman–Crippen MR) is 199 cm³/mol. The van der Waals surface area contributed by atoms with E-state index in [1.54, 1.807) is 0 Å². The first-order valence-corrected chi connectivity index (χ1v) is 16.4. The molecule has 0 amide bonds. The van der Waals surface area contributed by atoms with Crippen molar-refractivity contribution in [2.45, 2.75) is 5.92 Å². The Hall–Kier alpha value is -6.25. The zero-order chi connectivity index (χ0) is 31.9. The van der Waals surface area contributed by atoms with Crippen molar-refractivity contribution < 1.29 is 4.42 Å². The zero-order valence-electron chi connectivity index (χ0n) is 26.3. The van der Waals surface area contributed by atoms with E-state index in [0.717, 1.165) is 33.0 Å². The molecule has 1 heterocycles. The first-order valence-electron chi connectivity index (χ1n) is 16.4. The number of benzene rings is 8. The van der Waals surface area contributed by atoms with Crippen LogP contribution in [0.15, 0.2) is 186 Å².